The Morgan fingerprint density at radius 2 is 2.04 bits per heavy atom. The molecule has 9 heteroatoms. The van der Waals surface area contributed by atoms with Gasteiger partial charge >= 0.3 is 0 Å². The third-order valence-corrected chi connectivity index (χ3v) is 4.49. The maximum atomic E-state index is 12.6. The highest BCUT2D eigenvalue weighted by molar-refractivity contribution is 6.31. The highest BCUT2D eigenvalue weighted by atomic mass is 35.5. The molecular formula is C18H15ClN4O4. The number of para-hydroxylation sites is 1. The van der Waals surface area contributed by atoms with Crippen molar-refractivity contribution < 1.29 is 9.72 Å². The number of nitro benzene ring substituents is 1. The first kappa shape index (κ1) is 18.5. The van der Waals surface area contributed by atoms with Gasteiger partial charge in [0.1, 0.15) is 6.54 Å². The number of hydrogen-bond acceptors (Lipinski definition) is 5. The minimum Gasteiger partial charge on any atom is -0.340 e. The lowest BCUT2D eigenvalue weighted by atomic mass is 10.2. The van der Waals surface area contributed by atoms with E-state index in [1.165, 1.54) is 34.0 Å². The van der Waals surface area contributed by atoms with Crippen molar-refractivity contribution in [3.8, 4) is 0 Å². The SMILES string of the molecule is CN(Cc1cc([N+](=O)[O-])ccc1Cl)C(=O)Cn1ncc(=O)c2ccccc21. The van der Waals surface area contributed by atoms with Gasteiger partial charge in [0.05, 0.1) is 16.6 Å². The molecule has 0 atom stereocenters. The first-order chi connectivity index (χ1) is 12.9. The zero-order valence-corrected chi connectivity index (χ0v) is 15.1. The van der Waals surface area contributed by atoms with Gasteiger partial charge in [0.15, 0.2) is 0 Å². The van der Waals surface area contributed by atoms with E-state index in [9.17, 15) is 19.7 Å². The van der Waals surface area contributed by atoms with Crippen molar-refractivity contribution in [3.05, 3.63) is 79.6 Å². The van der Waals surface area contributed by atoms with Gasteiger partial charge in [-0.2, -0.15) is 5.10 Å². The lowest BCUT2D eigenvalue weighted by Gasteiger charge is -2.19. The largest absolute Gasteiger partial charge is 0.340 e. The molecule has 0 saturated heterocycles. The van der Waals surface area contributed by atoms with Gasteiger partial charge in [-0.15, -0.1) is 0 Å². The Kier molecular flexibility index (Phi) is 5.18. The average molecular weight is 387 g/mol. The summed E-state index contributed by atoms with van der Waals surface area (Å²) in [6.07, 6.45) is 1.17. The van der Waals surface area contributed by atoms with Crippen molar-refractivity contribution in [1.29, 1.82) is 0 Å². The number of nitro groups is 1. The van der Waals surface area contributed by atoms with Crippen molar-refractivity contribution in [3.63, 3.8) is 0 Å². The fourth-order valence-electron chi connectivity index (χ4n) is 2.68. The molecule has 0 saturated carbocycles. The van der Waals surface area contributed by atoms with E-state index in [-0.39, 0.29) is 30.1 Å². The van der Waals surface area contributed by atoms with Crippen molar-refractivity contribution >= 4 is 34.1 Å². The van der Waals surface area contributed by atoms with E-state index >= 15 is 0 Å². The van der Waals surface area contributed by atoms with Crippen molar-refractivity contribution in [1.82, 2.24) is 14.7 Å². The zero-order valence-electron chi connectivity index (χ0n) is 14.3. The molecule has 3 rings (SSSR count). The van der Waals surface area contributed by atoms with Crippen LogP contribution in [0.15, 0.2) is 53.5 Å². The summed E-state index contributed by atoms with van der Waals surface area (Å²) in [5.41, 5.74) is 0.717. The van der Waals surface area contributed by atoms with Crippen LogP contribution in [-0.2, 0) is 17.9 Å². The maximum Gasteiger partial charge on any atom is 0.269 e. The molecule has 0 unspecified atom stereocenters. The molecule has 2 aromatic carbocycles. The van der Waals surface area contributed by atoms with Crippen LogP contribution in [0.25, 0.3) is 10.9 Å². The first-order valence-corrected chi connectivity index (χ1v) is 8.36. The Morgan fingerprint density at radius 3 is 2.78 bits per heavy atom. The van der Waals surface area contributed by atoms with Crippen LogP contribution >= 0.6 is 11.6 Å². The predicted molar refractivity (Wildman–Crippen MR) is 101 cm³/mol. The molecule has 138 valence electrons. The molecule has 0 aliphatic heterocycles. The summed E-state index contributed by atoms with van der Waals surface area (Å²) >= 11 is 6.09. The first-order valence-electron chi connectivity index (χ1n) is 7.98. The Morgan fingerprint density at radius 1 is 1.30 bits per heavy atom. The monoisotopic (exact) mass is 386 g/mol. The highest BCUT2D eigenvalue weighted by Crippen LogP contribution is 2.23. The molecule has 1 heterocycles. The van der Waals surface area contributed by atoms with E-state index in [4.69, 9.17) is 11.6 Å². The molecule has 3 aromatic rings. The summed E-state index contributed by atoms with van der Waals surface area (Å²) in [6.45, 7) is 0.0291. The number of halogens is 1. The quantitative estimate of drug-likeness (QED) is 0.495. The second-order valence-electron chi connectivity index (χ2n) is 5.97. The Balaban J connectivity index is 1.81. The van der Waals surface area contributed by atoms with Gasteiger partial charge in [0.2, 0.25) is 11.3 Å². The maximum absolute atomic E-state index is 12.6. The number of rotatable bonds is 5. The molecule has 1 amide bonds. The van der Waals surface area contributed by atoms with Crippen LogP contribution in [0, 0.1) is 10.1 Å². The molecule has 27 heavy (non-hydrogen) atoms. The van der Waals surface area contributed by atoms with Gasteiger partial charge in [0, 0.05) is 36.1 Å². The van der Waals surface area contributed by atoms with Gasteiger partial charge in [-0.1, -0.05) is 23.7 Å². The van der Waals surface area contributed by atoms with E-state index < -0.39 is 4.92 Å². The van der Waals surface area contributed by atoms with Gasteiger partial charge < -0.3 is 4.90 Å². The number of aromatic nitrogens is 2. The fraction of sp³-hybridized carbons (Fsp3) is 0.167. The molecule has 0 radical (unpaired) electrons. The summed E-state index contributed by atoms with van der Waals surface area (Å²) in [5.74, 6) is -0.279. The Hall–Kier alpha value is -3.26. The van der Waals surface area contributed by atoms with Crippen molar-refractivity contribution in [2.45, 2.75) is 13.1 Å². The number of carbonyl (C=O) groups is 1. The van der Waals surface area contributed by atoms with Gasteiger partial charge in [-0.25, -0.2) is 0 Å². The second-order valence-corrected chi connectivity index (χ2v) is 6.37. The molecule has 1 aromatic heterocycles. The van der Waals surface area contributed by atoms with Crippen molar-refractivity contribution in [2.75, 3.05) is 7.05 Å². The van der Waals surface area contributed by atoms with Crippen LogP contribution in [0.3, 0.4) is 0 Å². The third kappa shape index (κ3) is 3.95. The normalized spacial score (nSPS) is 10.7. The molecule has 0 spiro atoms. The number of likely N-dealkylation sites (N-methyl/N-ethyl adjacent to an activating group) is 1. The minimum absolute atomic E-state index is 0.0795. The van der Waals surface area contributed by atoms with Crippen LogP contribution in [-0.4, -0.2) is 32.6 Å². The summed E-state index contributed by atoms with van der Waals surface area (Å²) in [4.78, 5) is 36.3. The average Bonchev–Trinajstić information content (AvgIpc) is 2.65. The van der Waals surface area contributed by atoms with E-state index in [1.807, 2.05) is 0 Å². The van der Waals surface area contributed by atoms with Crippen molar-refractivity contribution in [2.24, 2.45) is 0 Å². The predicted octanol–water partition coefficient (Wildman–Crippen LogP) is 2.62. The third-order valence-electron chi connectivity index (χ3n) is 4.12. The summed E-state index contributed by atoms with van der Waals surface area (Å²) in [7, 11) is 1.57. The van der Waals surface area contributed by atoms with Gasteiger partial charge in [0.25, 0.3) is 5.69 Å². The number of non-ortho nitro benzene ring substituents is 1. The number of fused-ring (bicyclic) bond motifs is 1. The summed E-state index contributed by atoms with van der Waals surface area (Å²) in [5, 5.41) is 15.8. The van der Waals surface area contributed by atoms with Gasteiger partial charge in [-0.3, -0.25) is 24.4 Å². The van der Waals surface area contributed by atoms with Crippen LogP contribution in [0.1, 0.15) is 5.56 Å². The highest BCUT2D eigenvalue weighted by Gasteiger charge is 2.16. The number of hydrogen-bond donors (Lipinski definition) is 0. The Bertz CT molecular complexity index is 1100. The topological polar surface area (TPSA) is 98.3 Å². The summed E-state index contributed by atoms with van der Waals surface area (Å²) in [6, 6.07) is 11.0. The van der Waals surface area contributed by atoms with Crippen LogP contribution in [0.2, 0.25) is 5.02 Å². The number of amides is 1. The number of benzene rings is 2. The molecule has 0 N–H and O–H groups in total. The summed E-state index contributed by atoms with van der Waals surface area (Å²) < 4.78 is 1.45. The van der Waals surface area contributed by atoms with E-state index in [1.54, 1.807) is 31.3 Å². The second kappa shape index (κ2) is 7.55. The lowest BCUT2D eigenvalue weighted by Crippen LogP contribution is -2.31. The standard InChI is InChI=1S/C18H15ClN4O4/c1-21(10-12-8-13(23(26)27)6-7-15(12)19)18(25)11-22-16-5-3-2-4-14(16)17(24)9-20-22/h2-9H,10-11H2,1H3. The molecule has 0 fully saturated rings. The van der Waals surface area contributed by atoms with E-state index in [0.717, 1.165) is 0 Å². The number of nitrogens with zero attached hydrogens (tertiary/aromatic N) is 4. The number of carbonyl (C=O) groups excluding carboxylic acids is 1. The van der Waals surface area contributed by atoms with Crippen LogP contribution < -0.4 is 5.43 Å². The van der Waals surface area contributed by atoms with E-state index in [0.29, 0.717) is 21.5 Å². The zero-order chi connectivity index (χ0) is 19.6. The molecule has 8 nitrogen and oxygen atoms in total. The van der Waals surface area contributed by atoms with Gasteiger partial charge in [-0.05, 0) is 23.8 Å². The smallest absolute Gasteiger partial charge is 0.269 e. The molecule has 0 bridgehead atoms. The van der Waals surface area contributed by atoms with E-state index in [2.05, 4.69) is 5.10 Å². The van der Waals surface area contributed by atoms with Crippen LogP contribution in [0.4, 0.5) is 5.69 Å². The van der Waals surface area contributed by atoms with Crippen LogP contribution in [0.5, 0.6) is 0 Å². The Labute approximate surface area is 158 Å². The molecular weight excluding hydrogens is 372 g/mol. The minimum atomic E-state index is -0.516. The fourth-order valence-corrected chi connectivity index (χ4v) is 2.85. The molecule has 0 aliphatic carbocycles. The lowest BCUT2D eigenvalue weighted by molar-refractivity contribution is -0.384. The molecule has 0 aliphatic rings.